The quantitative estimate of drug-likeness (QED) is 0.695. The molecule has 1 aliphatic heterocycles. The smallest absolute Gasteiger partial charge is 0.330 e. The molecule has 1 aliphatic rings. The van der Waals surface area contributed by atoms with Gasteiger partial charge in [0.1, 0.15) is 5.75 Å². The zero-order valence-corrected chi connectivity index (χ0v) is 13.0. The lowest BCUT2D eigenvalue weighted by molar-refractivity contribution is -0.147. The van der Waals surface area contributed by atoms with E-state index in [0.29, 0.717) is 23.6 Å². The van der Waals surface area contributed by atoms with Crippen LogP contribution >= 0.6 is 0 Å². The maximum absolute atomic E-state index is 12.2. The summed E-state index contributed by atoms with van der Waals surface area (Å²) in [5, 5.41) is 9.51. The standard InChI is InChI=1S/C18H16N2O3/c1-3-22-17(21)18(2,11-19)14-6-7-15-13(10-14)9-12-5-4-8-20-16(12)23-15/h4-8,10H,3,9H2,1-2H3/t18-/m0/s1. The molecule has 0 unspecified atom stereocenters. The number of carbonyl (C=O) groups is 1. The number of benzene rings is 1. The van der Waals surface area contributed by atoms with Crippen LogP contribution in [-0.4, -0.2) is 17.6 Å². The predicted molar refractivity (Wildman–Crippen MR) is 83.2 cm³/mol. The van der Waals surface area contributed by atoms with Crippen molar-refractivity contribution in [1.29, 1.82) is 5.26 Å². The normalized spacial score (nSPS) is 14.5. The van der Waals surface area contributed by atoms with Crippen LogP contribution in [0.3, 0.4) is 0 Å². The summed E-state index contributed by atoms with van der Waals surface area (Å²) in [6.45, 7) is 3.54. The van der Waals surface area contributed by atoms with Gasteiger partial charge >= 0.3 is 5.97 Å². The second-order valence-corrected chi connectivity index (χ2v) is 5.53. The zero-order valence-electron chi connectivity index (χ0n) is 13.0. The fraction of sp³-hybridized carbons (Fsp3) is 0.278. The molecule has 116 valence electrons. The van der Waals surface area contributed by atoms with E-state index in [9.17, 15) is 10.1 Å². The third-order valence-corrected chi connectivity index (χ3v) is 3.98. The molecule has 1 aromatic heterocycles. The molecular weight excluding hydrogens is 292 g/mol. The highest BCUT2D eigenvalue weighted by atomic mass is 16.5. The first-order valence-corrected chi connectivity index (χ1v) is 7.42. The van der Waals surface area contributed by atoms with E-state index in [0.717, 1.165) is 11.1 Å². The van der Waals surface area contributed by atoms with Crippen LogP contribution in [0.1, 0.15) is 30.5 Å². The van der Waals surface area contributed by atoms with E-state index in [1.165, 1.54) is 0 Å². The highest BCUT2D eigenvalue weighted by Gasteiger charge is 2.38. The number of aromatic nitrogens is 1. The molecule has 0 amide bonds. The highest BCUT2D eigenvalue weighted by molar-refractivity contribution is 5.86. The Morgan fingerprint density at radius 1 is 1.43 bits per heavy atom. The third kappa shape index (κ3) is 2.53. The predicted octanol–water partition coefficient (Wildman–Crippen LogP) is 3.12. The van der Waals surface area contributed by atoms with Crippen LogP contribution in [0.5, 0.6) is 11.6 Å². The van der Waals surface area contributed by atoms with Crippen LogP contribution in [0.2, 0.25) is 0 Å². The van der Waals surface area contributed by atoms with Crippen molar-refractivity contribution in [2.75, 3.05) is 6.61 Å². The largest absolute Gasteiger partial charge is 0.465 e. The van der Waals surface area contributed by atoms with E-state index in [1.807, 2.05) is 18.2 Å². The van der Waals surface area contributed by atoms with Crippen LogP contribution in [0.15, 0.2) is 36.5 Å². The molecule has 5 nitrogen and oxygen atoms in total. The van der Waals surface area contributed by atoms with Crippen molar-refractivity contribution >= 4 is 5.97 Å². The molecule has 1 aromatic carbocycles. The number of hydrogen-bond donors (Lipinski definition) is 0. The van der Waals surface area contributed by atoms with E-state index < -0.39 is 11.4 Å². The minimum Gasteiger partial charge on any atom is -0.465 e. The van der Waals surface area contributed by atoms with Crippen molar-refractivity contribution in [3.05, 3.63) is 53.2 Å². The number of rotatable bonds is 3. The lowest BCUT2D eigenvalue weighted by Gasteiger charge is -2.24. The minimum atomic E-state index is -1.33. The highest BCUT2D eigenvalue weighted by Crippen LogP contribution is 2.37. The average molecular weight is 308 g/mol. The second kappa shape index (κ2) is 5.73. The molecule has 0 fully saturated rings. The fourth-order valence-electron chi connectivity index (χ4n) is 2.59. The van der Waals surface area contributed by atoms with Gasteiger partial charge in [-0.2, -0.15) is 5.26 Å². The summed E-state index contributed by atoms with van der Waals surface area (Å²) in [5.41, 5.74) is 1.18. The van der Waals surface area contributed by atoms with Gasteiger partial charge in [0.25, 0.3) is 0 Å². The summed E-state index contributed by atoms with van der Waals surface area (Å²) < 4.78 is 10.8. The Hall–Kier alpha value is -2.87. The Balaban J connectivity index is 1.99. The van der Waals surface area contributed by atoms with E-state index in [1.54, 1.807) is 32.2 Å². The van der Waals surface area contributed by atoms with Gasteiger partial charge in [0.2, 0.25) is 5.88 Å². The SMILES string of the molecule is CCOC(=O)[C@@](C)(C#N)c1ccc2c(c1)Cc1cccnc1O2. The van der Waals surface area contributed by atoms with Gasteiger partial charge in [-0.25, -0.2) is 9.78 Å². The number of ether oxygens (including phenoxy) is 2. The zero-order chi connectivity index (χ0) is 16.4. The van der Waals surface area contributed by atoms with Gasteiger partial charge in [-0.05, 0) is 43.2 Å². The lowest BCUT2D eigenvalue weighted by Crippen LogP contribution is -2.33. The van der Waals surface area contributed by atoms with E-state index >= 15 is 0 Å². The fourth-order valence-corrected chi connectivity index (χ4v) is 2.59. The van der Waals surface area contributed by atoms with Gasteiger partial charge in [-0.3, -0.25) is 0 Å². The molecule has 2 aromatic rings. The van der Waals surface area contributed by atoms with Crippen LogP contribution in [0, 0.1) is 11.3 Å². The monoisotopic (exact) mass is 308 g/mol. The van der Waals surface area contributed by atoms with E-state index in [-0.39, 0.29) is 6.61 Å². The van der Waals surface area contributed by atoms with Gasteiger partial charge in [0, 0.05) is 18.2 Å². The molecule has 0 aliphatic carbocycles. The van der Waals surface area contributed by atoms with Crippen LogP contribution in [0.25, 0.3) is 0 Å². The van der Waals surface area contributed by atoms with Crippen molar-refractivity contribution < 1.29 is 14.3 Å². The minimum absolute atomic E-state index is 0.239. The molecule has 5 heteroatoms. The summed E-state index contributed by atoms with van der Waals surface area (Å²) in [6, 6.07) is 11.2. The summed E-state index contributed by atoms with van der Waals surface area (Å²) >= 11 is 0. The first kappa shape index (κ1) is 15.0. The summed E-state index contributed by atoms with van der Waals surface area (Å²) in [4.78, 5) is 16.4. The van der Waals surface area contributed by atoms with Crippen molar-refractivity contribution in [2.24, 2.45) is 0 Å². The molecule has 3 rings (SSSR count). The Kier molecular flexibility index (Phi) is 3.75. The van der Waals surface area contributed by atoms with Crippen LogP contribution in [0.4, 0.5) is 0 Å². The molecule has 0 spiro atoms. The second-order valence-electron chi connectivity index (χ2n) is 5.53. The number of pyridine rings is 1. The van der Waals surface area contributed by atoms with Crippen molar-refractivity contribution in [3.63, 3.8) is 0 Å². The Morgan fingerprint density at radius 2 is 2.26 bits per heavy atom. The maximum atomic E-state index is 12.2. The van der Waals surface area contributed by atoms with E-state index in [4.69, 9.17) is 9.47 Å². The van der Waals surface area contributed by atoms with Gasteiger partial charge < -0.3 is 9.47 Å². The number of esters is 1. The maximum Gasteiger partial charge on any atom is 0.330 e. The number of nitriles is 1. The van der Waals surface area contributed by atoms with Gasteiger partial charge in [0.05, 0.1) is 12.7 Å². The first-order chi connectivity index (χ1) is 11.1. The Labute approximate surface area is 134 Å². The van der Waals surface area contributed by atoms with Crippen molar-refractivity contribution in [1.82, 2.24) is 4.98 Å². The number of fused-ring (bicyclic) bond motifs is 2. The number of nitrogens with zero attached hydrogens (tertiary/aromatic N) is 2. The van der Waals surface area contributed by atoms with Crippen molar-refractivity contribution in [3.8, 4) is 17.7 Å². The van der Waals surface area contributed by atoms with Crippen LogP contribution in [-0.2, 0) is 21.4 Å². The molecule has 0 bridgehead atoms. The van der Waals surface area contributed by atoms with Gasteiger partial charge in [-0.15, -0.1) is 0 Å². The van der Waals surface area contributed by atoms with Gasteiger partial charge in [-0.1, -0.05) is 12.1 Å². The molecule has 1 atom stereocenters. The Bertz CT molecular complexity index is 810. The summed E-state index contributed by atoms with van der Waals surface area (Å²) in [5.74, 6) is 0.756. The summed E-state index contributed by atoms with van der Waals surface area (Å²) in [6.07, 6.45) is 2.34. The molecular formula is C18H16N2O3. The number of carbonyl (C=O) groups excluding carboxylic acids is 1. The molecule has 0 radical (unpaired) electrons. The first-order valence-electron chi connectivity index (χ1n) is 7.42. The molecule has 0 saturated carbocycles. The average Bonchev–Trinajstić information content (AvgIpc) is 2.58. The van der Waals surface area contributed by atoms with Crippen molar-refractivity contribution in [2.45, 2.75) is 25.7 Å². The molecule has 23 heavy (non-hydrogen) atoms. The molecule has 2 heterocycles. The number of hydrogen-bond acceptors (Lipinski definition) is 5. The molecule has 0 N–H and O–H groups in total. The lowest BCUT2D eigenvalue weighted by atomic mass is 9.82. The summed E-state index contributed by atoms with van der Waals surface area (Å²) in [7, 11) is 0. The van der Waals surface area contributed by atoms with E-state index in [2.05, 4.69) is 11.1 Å². The Morgan fingerprint density at radius 3 is 3.00 bits per heavy atom. The topological polar surface area (TPSA) is 72.2 Å². The van der Waals surface area contributed by atoms with Gasteiger partial charge in [0.15, 0.2) is 5.41 Å². The third-order valence-electron chi connectivity index (χ3n) is 3.98. The van der Waals surface area contributed by atoms with Crippen LogP contribution < -0.4 is 4.74 Å². The molecule has 0 saturated heterocycles.